The largest absolute Gasteiger partial charge is 0.440 e. The summed E-state index contributed by atoms with van der Waals surface area (Å²) in [4.78, 5) is 31.9. The molecule has 0 spiro atoms. The summed E-state index contributed by atoms with van der Waals surface area (Å²) in [7, 11) is 3.63. The summed E-state index contributed by atoms with van der Waals surface area (Å²) in [5, 5.41) is 11.2. The van der Waals surface area contributed by atoms with Crippen molar-refractivity contribution < 1.29 is 14.1 Å². The van der Waals surface area contributed by atoms with E-state index >= 15 is 0 Å². The number of para-hydroxylation sites is 2. The fourth-order valence-corrected chi connectivity index (χ4v) is 3.76. The van der Waals surface area contributed by atoms with Gasteiger partial charge in [-0.15, -0.1) is 0 Å². The fourth-order valence-electron chi connectivity index (χ4n) is 3.76. The van der Waals surface area contributed by atoms with E-state index < -0.39 is 4.92 Å². The Labute approximate surface area is 167 Å². The molecule has 2 heterocycles. The molecule has 1 aliphatic heterocycles. The van der Waals surface area contributed by atoms with Crippen LogP contribution < -0.4 is 4.90 Å². The lowest BCUT2D eigenvalue weighted by Gasteiger charge is -2.31. The van der Waals surface area contributed by atoms with Crippen LogP contribution in [0.3, 0.4) is 0 Å². The maximum atomic E-state index is 13.1. The summed E-state index contributed by atoms with van der Waals surface area (Å²) >= 11 is 0. The Balaban J connectivity index is 1.51. The van der Waals surface area contributed by atoms with Gasteiger partial charge in [0.15, 0.2) is 11.5 Å². The lowest BCUT2D eigenvalue weighted by molar-refractivity contribution is -0.384. The summed E-state index contributed by atoms with van der Waals surface area (Å²) in [6.07, 6.45) is 1.48. The van der Waals surface area contributed by atoms with Crippen LogP contribution in [-0.4, -0.2) is 47.9 Å². The zero-order valence-corrected chi connectivity index (χ0v) is 16.4. The molecule has 0 unspecified atom stereocenters. The Hall–Kier alpha value is -3.42. The van der Waals surface area contributed by atoms with Crippen molar-refractivity contribution in [3.63, 3.8) is 0 Å². The molecule has 1 saturated heterocycles. The summed E-state index contributed by atoms with van der Waals surface area (Å²) in [6.45, 7) is 1.11. The lowest BCUT2D eigenvalue weighted by atomic mass is 9.96. The highest BCUT2D eigenvalue weighted by atomic mass is 16.6. The predicted molar refractivity (Wildman–Crippen MR) is 109 cm³/mol. The highest BCUT2D eigenvalue weighted by Gasteiger charge is 2.29. The van der Waals surface area contributed by atoms with Crippen LogP contribution in [0.1, 0.15) is 35.0 Å². The topological polar surface area (TPSA) is 92.7 Å². The summed E-state index contributed by atoms with van der Waals surface area (Å²) in [5.74, 6) is 0.681. The van der Waals surface area contributed by atoms with Crippen LogP contribution in [0.15, 0.2) is 46.9 Å². The Morgan fingerprint density at radius 2 is 1.93 bits per heavy atom. The van der Waals surface area contributed by atoms with E-state index in [1.54, 1.807) is 15.9 Å². The third-order valence-electron chi connectivity index (χ3n) is 5.35. The standard InChI is InChI=1S/C21H22N4O4/c1-23(2)18-8-7-15(25(27)28)13-16(18)21(26)24-11-9-14(10-12-24)20-22-17-5-3-4-6-19(17)29-20/h3-8,13-14H,9-12H2,1-2H3. The lowest BCUT2D eigenvalue weighted by Crippen LogP contribution is -2.38. The van der Waals surface area contributed by atoms with Gasteiger partial charge in [0.2, 0.25) is 0 Å². The number of likely N-dealkylation sites (tertiary alicyclic amines) is 1. The van der Waals surface area contributed by atoms with Gasteiger partial charge in [-0.3, -0.25) is 14.9 Å². The summed E-state index contributed by atoms with van der Waals surface area (Å²) in [6, 6.07) is 12.1. The number of nitro groups is 1. The van der Waals surface area contributed by atoms with Crippen molar-refractivity contribution in [2.24, 2.45) is 0 Å². The first-order valence-corrected chi connectivity index (χ1v) is 9.54. The van der Waals surface area contributed by atoms with Crippen LogP contribution in [0.2, 0.25) is 0 Å². The fraction of sp³-hybridized carbons (Fsp3) is 0.333. The first-order valence-electron chi connectivity index (χ1n) is 9.54. The van der Waals surface area contributed by atoms with E-state index in [1.165, 1.54) is 12.1 Å². The predicted octanol–water partition coefficient (Wildman–Crippen LogP) is 3.82. The maximum absolute atomic E-state index is 13.1. The van der Waals surface area contributed by atoms with E-state index in [0.717, 1.165) is 23.9 Å². The van der Waals surface area contributed by atoms with Crippen LogP contribution in [0, 0.1) is 10.1 Å². The van der Waals surface area contributed by atoms with Gasteiger partial charge < -0.3 is 14.2 Å². The Bertz CT molecular complexity index is 1030. The monoisotopic (exact) mass is 394 g/mol. The van der Waals surface area contributed by atoms with E-state index in [4.69, 9.17) is 4.42 Å². The van der Waals surface area contributed by atoms with Crippen molar-refractivity contribution in [2.45, 2.75) is 18.8 Å². The van der Waals surface area contributed by atoms with Gasteiger partial charge in [-0.25, -0.2) is 4.98 Å². The van der Waals surface area contributed by atoms with E-state index in [2.05, 4.69) is 4.98 Å². The molecule has 1 amide bonds. The van der Waals surface area contributed by atoms with Gasteiger partial charge in [0.1, 0.15) is 5.52 Å². The van der Waals surface area contributed by atoms with Crippen molar-refractivity contribution >= 4 is 28.4 Å². The average molecular weight is 394 g/mol. The molecule has 0 aliphatic carbocycles. The Morgan fingerprint density at radius 1 is 1.21 bits per heavy atom. The second kappa shape index (κ2) is 7.54. The number of rotatable bonds is 4. The zero-order valence-electron chi connectivity index (χ0n) is 16.4. The highest BCUT2D eigenvalue weighted by molar-refractivity contribution is 6.00. The van der Waals surface area contributed by atoms with Gasteiger partial charge in [-0.2, -0.15) is 0 Å². The number of carbonyl (C=O) groups is 1. The number of amides is 1. The molecule has 8 nitrogen and oxygen atoms in total. The smallest absolute Gasteiger partial charge is 0.270 e. The molecule has 1 aliphatic rings. The third-order valence-corrected chi connectivity index (χ3v) is 5.35. The van der Waals surface area contributed by atoms with Crippen molar-refractivity contribution in [3.8, 4) is 0 Å². The number of hydrogen-bond acceptors (Lipinski definition) is 6. The van der Waals surface area contributed by atoms with Gasteiger partial charge in [0, 0.05) is 50.9 Å². The highest BCUT2D eigenvalue weighted by Crippen LogP contribution is 2.32. The minimum absolute atomic E-state index is 0.0830. The molecule has 2 aromatic carbocycles. The Kier molecular flexibility index (Phi) is 4.92. The molecule has 0 bridgehead atoms. The number of anilines is 1. The Morgan fingerprint density at radius 3 is 2.59 bits per heavy atom. The third kappa shape index (κ3) is 3.65. The number of benzene rings is 2. The average Bonchev–Trinajstić information content (AvgIpc) is 3.17. The van der Waals surface area contributed by atoms with Gasteiger partial charge in [0.25, 0.3) is 11.6 Å². The van der Waals surface area contributed by atoms with Crippen LogP contribution in [-0.2, 0) is 0 Å². The molecule has 0 radical (unpaired) electrons. The molecular weight excluding hydrogens is 372 g/mol. The summed E-state index contributed by atoms with van der Waals surface area (Å²) < 4.78 is 5.88. The number of piperidine rings is 1. The normalized spacial score (nSPS) is 14.9. The first kappa shape index (κ1) is 18.9. The number of non-ortho nitro benzene ring substituents is 1. The van der Waals surface area contributed by atoms with E-state index in [0.29, 0.717) is 30.2 Å². The molecular formula is C21H22N4O4. The molecule has 3 aromatic rings. The second-order valence-electron chi connectivity index (χ2n) is 7.44. The van der Waals surface area contributed by atoms with Crippen molar-refractivity contribution in [1.82, 2.24) is 9.88 Å². The van der Waals surface area contributed by atoms with Gasteiger partial charge in [-0.1, -0.05) is 12.1 Å². The number of oxazole rings is 1. The maximum Gasteiger partial charge on any atom is 0.270 e. The first-order chi connectivity index (χ1) is 13.9. The molecule has 1 fully saturated rings. The van der Waals surface area contributed by atoms with E-state index in [1.807, 2.05) is 38.4 Å². The number of hydrogen-bond donors (Lipinski definition) is 0. The van der Waals surface area contributed by atoms with Gasteiger partial charge in [-0.05, 0) is 31.0 Å². The molecule has 1 aromatic heterocycles. The van der Waals surface area contributed by atoms with Crippen molar-refractivity contribution in [2.75, 3.05) is 32.1 Å². The number of fused-ring (bicyclic) bond motifs is 1. The second-order valence-corrected chi connectivity index (χ2v) is 7.44. The quantitative estimate of drug-likeness (QED) is 0.493. The van der Waals surface area contributed by atoms with Crippen LogP contribution in [0.25, 0.3) is 11.1 Å². The number of carbonyl (C=O) groups excluding carboxylic acids is 1. The molecule has 0 atom stereocenters. The van der Waals surface area contributed by atoms with Crippen LogP contribution >= 0.6 is 0 Å². The van der Waals surface area contributed by atoms with Crippen LogP contribution in [0.4, 0.5) is 11.4 Å². The van der Waals surface area contributed by atoms with Gasteiger partial charge >= 0.3 is 0 Å². The van der Waals surface area contributed by atoms with E-state index in [-0.39, 0.29) is 17.5 Å². The summed E-state index contributed by atoms with van der Waals surface area (Å²) in [5.41, 5.74) is 2.55. The molecule has 4 rings (SSSR count). The van der Waals surface area contributed by atoms with E-state index in [9.17, 15) is 14.9 Å². The van der Waals surface area contributed by atoms with Gasteiger partial charge in [0.05, 0.1) is 10.5 Å². The molecule has 0 saturated carbocycles. The molecule has 0 N–H and O–H groups in total. The van der Waals surface area contributed by atoms with Crippen molar-refractivity contribution in [1.29, 1.82) is 0 Å². The zero-order chi connectivity index (χ0) is 20.5. The minimum Gasteiger partial charge on any atom is -0.440 e. The molecule has 150 valence electrons. The number of nitrogens with zero attached hydrogens (tertiary/aromatic N) is 4. The SMILES string of the molecule is CN(C)c1ccc([N+](=O)[O-])cc1C(=O)N1CCC(c2nc3ccccc3o2)CC1. The molecule has 29 heavy (non-hydrogen) atoms. The number of nitro benzene ring substituents is 1. The van der Waals surface area contributed by atoms with Crippen molar-refractivity contribution in [3.05, 3.63) is 64.0 Å². The minimum atomic E-state index is -0.476. The van der Waals surface area contributed by atoms with Crippen LogP contribution in [0.5, 0.6) is 0 Å². The molecule has 8 heteroatoms. The number of aromatic nitrogens is 1.